The van der Waals surface area contributed by atoms with Crippen LogP contribution in [-0.4, -0.2) is 0 Å². The molecular formula is C14H15F3N2S. The summed E-state index contributed by atoms with van der Waals surface area (Å²) in [7, 11) is 0. The highest BCUT2D eigenvalue weighted by atomic mass is 32.1. The molecule has 108 valence electrons. The largest absolute Gasteiger partial charge is 0.416 e. The molecule has 20 heavy (non-hydrogen) atoms. The van der Waals surface area contributed by atoms with Crippen molar-refractivity contribution in [3.8, 4) is 0 Å². The van der Waals surface area contributed by atoms with E-state index in [4.69, 9.17) is 5.73 Å². The van der Waals surface area contributed by atoms with Gasteiger partial charge in [0.05, 0.1) is 5.56 Å². The minimum absolute atomic E-state index is 0.0428. The van der Waals surface area contributed by atoms with E-state index in [2.05, 4.69) is 5.32 Å². The van der Waals surface area contributed by atoms with Gasteiger partial charge in [-0.2, -0.15) is 13.2 Å². The van der Waals surface area contributed by atoms with Gasteiger partial charge in [0.15, 0.2) is 0 Å². The lowest BCUT2D eigenvalue weighted by molar-refractivity contribution is -0.137. The molecule has 2 nitrogen and oxygen atoms in total. The molecule has 1 unspecified atom stereocenters. The summed E-state index contributed by atoms with van der Waals surface area (Å²) in [4.78, 5) is 1.03. The van der Waals surface area contributed by atoms with Crippen molar-refractivity contribution in [1.29, 1.82) is 0 Å². The standard InChI is InChI=1S/C14H15F3N2S/c1-9(19-8-13-12(18)6-7-20-13)10-2-4-11(5-3-10)14(15,16)17/h2-7,9,19H,8,18H2,1H3. The van der Waals surface area contributed by atoms with Crippen LogP contribution in [0.3, 0.4) is 0 Å². The molecular weight excluding hydrogens is 285 g/mol. The second-order valence-electron chi connectivity index (χ2n) is 4.52. The summed E-state index contributed by atoms with van der Waals surface area (Å²) in [5.41, 5.74) is 6.70. The summed E-state index contributed by atoms with van der Waals surface area (Å²) in [6, 6.07) is 7.00. The second-order valence-corrected chi connectivity index (χ2v) is 5.52. The van der Waals surface area contributed by atoms with Crippen LogP contribution in [0, 0.1) is 0 Å². The molecule has 2 aromatic rings. The van der Waals surface area contributed by atoms with E-state index in [9.17, 15) is 13.2 Å². The first-order chi connectivity index (χ1) is 9.38. The molecule has 0 bridgehead atoms. The van der Waals surface area contributed by atoms with Crippen LogP contribution in [0.25, 0.3) is 0 Å². The minimum atomic E-state index is -4.29. The maximum atomic E-state index is 12.5. The normalized spacial score (nSPS) is 13.4. The van der Waals surface area contributed by atoms with E-state index in [-0.39, 0.29) is 6.04 Å². The van der Waals surface area contributed by atoms with Crippen molar-refractivity contribution in [2.45, 2.75) is 25.7 Å². The summed E-state index contributed by atoms with van der Waals surface area (Å²) >= 11 is 1.56. The summed E-state index contributed by atoms with van der Waals surface area (Å²) in [6.45, 7) is 2.51. The number of rotatable bonds is 4. The van der Waals surface area contributed by atoms with Gasteiger partial charge in [0, 0.05) is 23.2 Å². The van der Waals surface area contributed by atoms with E-state index in [0.29, 0.717) is 6.54 Å². The Morgan fingerprint density at radius 3 is 2.35 bits per heavy atom. The zero-order valence-electron chi connectivity index (χ0n) is 10.9. The predicted octanol–water partition coefficient (Wildman–Crippen LogP) is 4.20. The van der Waals surface area contributed by atoms with E-state index in [1.54, 1.807) is 11.3 Å². The van der Waals surface area contributed by atoms with E-state index in [0.717, 1.165) is 28.3 Å². The third kappa shape index (κ3) is 3.52. The Morgan fingerprint density at radius 1 is 1.20 bits per heavy atom. The van der Waals surface area contributed by atoms with Crippen molar-refractivity contribution in [3.05, 3.63) is 51.7 Å². The Kier molecular flexibility index (Phi) is 4.35. The number of thiophene rings is 1. The fraction of sp³-hybridized carbons (Fsp3) is 0.286. The maximum Gasteiger partial charge on any atom is 0.416 e. The molecule has 1 heterocycles. The third-order valence-corrected chi connectivity index (χ3v) is 4.02. The van der Waals surface area contributed by atoms with Gasteiger partial charge in [-0.15, -0.1) is 11.3 Å². The van der Waals surface area contributed by atoms with Crippen LogP contribution in [0.1, 0.15) is 29.0 Å². The van der Waals surface area contributed by atoms with Gasteiger partial charge >= 0.3 is 6.18 Å². The van der Waals surface area contributed by atoms with Gasteiger partial charge in [0.2, 0.25) is 0 Å². The van der Waals surface area contributed by atoms with E-state index in [1.807, 2.05) is 18.4 Å². The van der Waals surface area contributed by atoms with Crippen molar-refractivity contribution in [1.82, 2.24) is 5.32 Å². The smallest absolute Gasteiger partial charge is 0.398 e. The van der Waals surface area contributed by atoms with E-state index in [1.165, 1.54) is 12.1 Å². The van der Waals surface area contributed by atoms with Crippen LogP contribution in [0.4, 0.5) is 18.9 Å². The van der Waals surface area contributed by atoms with Gasteiger partial charge in [-0.1, -0.05) is 12.1 Å². The van der Waals surface area contributed by atoms with Crippen LogP contribution in [0.2, 0.25) is 0 Å². The molecule has 0 fully saturated rings. The van der Waals surface area contributed by atoms with Crippen LogP contribution < -0.4 is 11.1 Å². The number of benzene rings is 1. The lowest BCUT2D eigenvalue weighted by atomic mass is 10.1. The molecule has 0 aliphatic heterocycles. The molecule has 0 saturated heterocycles. The number of anilines is 1. The Bertz CT molecular complexity index is 561. The van der Waals surface area contributed by atoms with Gasteiger partial charge in [0.1, 0.15) is 0 Å². The number of hydrogen-bond acceptors (Lipinski definition) is 3. The summed E-state index contributed by atoms with van der Waals surface area (Å²) in [5, 5.41) is 5.16. The number of hydrogen-bond donors (Lipinski definition) is 2. The zero-order valence-corrected chi connectivity index (χ0v) is 11.7. The molecule has 0 radical (unpaired) electrons. The lowest BCUT2D eigenvalue weighted by Gasteiger charge is -2.15. The number of nitrogens with two attached hydrogens (primary N) is 1. The molecule has 1 aromatic carbocycles. The number of alkyl halides is 3. The number of nitrogen functional groups attached to an aromatic ring is 1. The van der Waals surface area contributed by atoms with Gasteiger partial charge in [-0.3, -0.25) is 0 Å². The zero-order chi connectivity index (χ0) is 14.8. The highest BCUT2D eigenvalue weighted by Crippen LogP contribution is 2.30. The van der Waals surface area contributed by atoms with Gasteiger partial charge < -0.3 is 11.1 Å². The Morgan fingerprint density at radius 2 is 1.85 bits per heavy atom. The first-order valence-electron chi connectivity index (χ1n) is 6.10. The second kappa shape index (κ2) is 5.85. The van der Waals surface area contributed by atoms with Crippen molar-refractivity contribution in [2.75, 3.05) is 5.73 Å². The highest BCUT2D eigenvalue weighted by molar-refractivity contribution is 7.10. The molecule has 0 aliphatic rings. The molecule has 0 saturated carbocycles. The average Bonchev–Trinajstić information content (AvgIpc) is 2.81. The van der Waals surface area contributed by atoms with Crippen LogP contribution in [0.15, 0.2) is 35.7 Å². The van der Waals surface area contributed by atoms with Crippen molar-refractivity contribution < 1.29 is 13.2 Å². The van der Waals surface area contributed by atoms with Crippen molar-refractivity contribution >= 4 is 17.0 Å². The predicted molar refractivity (Wildman–Crippen MR) is 75.4 cm³/mol. The minimum Gasteiger partial charge on any atom is -0.398 e. The van der Waals surface area contributed by atoms with Crippen molar-refractivity contribution in [2.24, 2.45) is 0 Å². The summed E-state index contributed by atoms with van der Waals surface area (Å²) < 4.78 is 37.4. The Hall–Kier alpha value is -1.53. The average molecular weight is 300 g/mol. The molecule has 3 N–H and O–H groups in total. The first-order valence-corrected chi connectivity index (χ1v) is 6.98. The van der Waals surface area contributed by atoms with Gasteiger partial charge in [-0.05, 0) is 36.1 Å². The third-order valence-electron chi connectivity index (χ3n) is 3.09. The van der Waals surface area contributed by atoms with Gasteiger partial charge in [0.25, 0.3) is 0 Å². The fourth-order valence-corrected chi connectivity index (χ4v) is 2.57. The van der Waals surface area contributed by atoms with Crippen LogP contribution in [-0.2, 0) is 12.7 Å². The lowest BCUT2D eigenvalue weighted by Crippen LogP contribution is -2.18. The molecule has 1 aromatic heterocycles. The molecule has 0 amide bonds. The summed E-state index contributed by atoms with van der Waals surface area (Å²) in [6.07, 6.45) is -4.29. The first kappa shape index (κ1) is 14.9. The van der Waals surface area contributed by atoms with Crippen molar-refractivity contribution in [3.63, 3.8) is 0 Å². The topological polar surface area (TPSA) is 38.0 Å². The van der Waals surface area contributed by atoms with Gasteiger partial charge in [-0.25, -0.2) is 0 Å². The SMILES string of the molecule is CC(NCc1sccc1N)c1ccc(C(F)(F)F)cc1. The van der Waals surface area contributed by atoms with E-state index < -0.39 is 11.7 Å². The monoisotopic (exact) mass is 300 g/mol. The molecule has 0 aliphatic carbocycles. The van der Waals surface area contributed by atoms with Crippen LogP contribution >= 0.6 is 11.3 Å². The molecule has 2 rings (SSSR count). The Balaban J connectivity index is 1.99. The fourth-order valence-electron chi connectivity index (χ4n) is 1.82. The van der Waals surface area contributed by atoms with Crippen LogP contribution in [0.5, 0.6) is 0 Å². The molecule has 6 heteroatoms. The quantitative estimate of drug-likeness (QED) is 0.888. The number of nitrogens with one attached hydrogen (secondary N) is 1. The maximum absolute atomic E-state index is 12.5. The number of halogens is 3. The van der Waals surface area contributed by atoms with E-state index >= 15 is 0 Å². The highest BCUT2D eigenvalue weighted by Gasteiger charge is 2.30. The summed E-state index contributed by atoms with van der Waals surface area (Å²) in [5.74, 6) is 0. The Labute approximate surface area is 119 Å². The molecule has 0 spiro atoms. The molecule has 1 atom stereocenters.